The van der Waals surface area contributed by atoms with E-state index in [-0.39, 0.29) is 23.1 Å². The number of nitrogens with one attached hydrogen (secondary N) is 2. The summed E-state index contributed by atoms with van der Waals surface area (Å²) in [6.07, 6.45) is 4.14. The molecule has 1 aromatic rings. The number of hydrogen-bond donors (Lipinski definition) is 3. The number of phenolic OH excluding ortho intramolecular Hbond substituents is 1. The molecule has 2 fully saturated rings. The predicted octanol–water partition coefficient (Wildman–Crippen LogP) is 1.12. The van der Waals surface area contributed by atoms with Gasteiger partial charge in [0, 0.05) is 24.5 Å². The van der Waals surface area contributed by atoms with E-state index in [1.54, 1.807) is 11.0 Å². The van der Waals surface area contributed by atoms with E-state index in [2.05, 4.69) is 24.4 Å². The summed E-state index contributed by atoms with van der Waals surface area (Å²) < 4.78 is 5.18. The van der Waals surface area contributed by atoms with Gasteiger partial charge in [0.05, 0.1) is 36.9 Å². The highest BCUT2D eigenvalue weighted by Crippen LogP contribution is 2.58. The van der Waals surface area contributed by atoms with Gasteiger partial charge in [0.1, 0.15) is 11.8 Å². The summed E-state index contributed by atoms with van der Waals surface area (Å²) in [6, 6.07) is 6.18. The molecule has 2 saturated heterocycles. The minimum atomic E-state index is -0.243. The average Bonchev–Trinajstić information content (AvgIpc) is 3.18. The third kappa shape index (κ3) is 1.64. The summed E-state index contributed by atoms with van der Waals surface area (Å²) >= 11 is 0. The molecule has 0 saturated carbocycles. The molecule has 3 heterocycles. The normalized spacial score (nSPS) is 36.1. The number of carbonyl (C=O) groups is 1. The third-order valence-corrected chi connectivity index (χ3v) is 6.89. The van der Waals surface area contributed by atoms with E-state index in [1.807, 2.05) is 6.07 Å². The highest BCUT2D eigenvalue weighted by atomic mass is 16.5. The van der Waals surface area contributed by atoms with Crippen LogP contribution < -0.4 is 10.2 Å². The number of esters is 1. The fourth-order valence-corrected chi connectivity index (χ4v) is 5.89. The van der Waals surface area contributed by atoms with Crippen molar-refractivity contribution in [2.75, 3.05) is 25.5 Å². The number of rotatable bonds is 1. The number of fused-ring (bicyclic) bond motifs is 2. The zero-order chi connectivity index (χ0) is 17.3. The Morgan fingerprint density at radius 3 is 3.08 bits per heavy atom. The van der Waals surface area contributed by atoms with Crippen molar-refractivity contribution in [2.45, 2.75) is 31.2 Å². The number of piperidine rings is 1. The van der Waals surface area contributed by atoms with Crippen molar-refractivity contribution in [1.29, 1.82) is 0 Å². The van der Waals surface area contributed by atoms with Crippen LogP contribution in [-0.4, -0.2) is 37.3 Å². The Morgan fingerprint density at radius 1 is 1.48 bits per heavy atom. The first kappa shape index (κ1) is 15.0. The van der Waals surface area contributed by atoms with Crippen LogP contribution in [-0.2, 0) is 14.9 Å². The molecule has 4 aliphatic rings. The summed E-state index contributed by atoms with van der Waals surface area (Å²) in [5, 5.41) is 13.9. The second kappa shape index (κ2) is 4.88. The van der Waals surface area contributed by atoms with E-state index in [4.69, 9.17) is 4.74 Å². The van der Waals surface area contributed by atoms with Crippen LogP contribution >= 0.6 is 0 Å². The summed E-state index contributed by atoms with van der Waals surface area (Å²) in [5.74, 6) is 0.135. The summed E-state index contributed by atoms with van der Waals surface area (Å²) in [7, 11) is 1.46. The monoisotopic (exact) mass is 339 g/mol. The summed E-state index contributed by atoms with van der Waals surface area (Å²) in [5.41, 5.74) is 4.80. The van der Waals surface area contributed by atoms with Crippen molar-refractivity contribution in [3.8, 4) is 5.75 Å². The maximum atomic E-state index is 12.8. The Hall–Kier alpha value is -2.27. The molecule has 5 heteroatoms. The van der Waals surface area contributed by atoms with Crippen LogP contribution in [0.4, 0.5) is 5.69 Å². The quantitative estimate of drug-likeness (QED) is 0.408. The van der Waals surface area contributed by atoms with Gasteiger partial charge in [0.15, 0.2) is 0 Å². The van der Waals surface area contributed by atoms with Crippen molar-refractivity contribution in [2.24, 2.45) is 5.92 Å². The Labute approximate surface area is 147 Å². The van der Waals surface area contributed by atoms with Crippen LogP contribution in [0.25, 0.3) is 0 Å². The Balaban J connectivity index is 1.83. The minimum Gasteiger partial charge on any atom is -0.506 e. The molecule has 1 aromatic carbocycles. The van der Waals surface area contributed by atoms with Gasteiger partial charge < -0.3 is 20.1 Å². The van der Waals surface area contributed by atoms with Crippen LogP contribution in [0.15, 0.2) is 41.1 Å². The number of ether oxygens (including phenoxy) is 1. The van der Waals surface area contributed by atoms with Crippen LogP contribution in [0.2, 0.25) is 0 Å². The third-order valence-electron chi connectivity index (χ3n) is 6.89. The molecule has 130 valence electrons. The number of methoxy groups -OCH3 is 1. The van der Waals surface area contributed by atoms with E-state index in [0.29, 0.717) is 6.04 Å². The van der Waals surface area contributed by atoms with Gasteiger partial charge >= 0.3 is 5.97 Å². The molecule has 5 nitrogen and oxygen atoms in total. The Morgan fingerprint density at radius 2 is 2.32 bits per heavy atom. The lowest BCUT2D eigenvalue weighted by Crippen LogP contribution is -3.16. The fourth-order valence-electron chi connectivity index (χ4n) is 5.89. The van der Waals surface area contributed by atoms with Crippen LogP contribution in [0.3, 0.4) is 0 Å². The number of para-hydroxylation sites is 1. The number of allylic oxidation sites excluding steroid dienone is 1. The molecule has 0 aromatic heterocycles. The largest absolute Gasteiger partial charge is 0.506 e. The Kier molecular flexibility index (Phi) is 2.93. The van der Waals surface area contributed by atoms with Crippen molar-refractivity contribution in [3.63, 3.8) is 0 Å². The molecule has 1 spiro atoms. The van der Waals surface area contributed by atoms with Gasteiger partial charge in [-0.3, -0.25) is 0 Å². The first-order chi connectivity index (χ1) is 12.1. The minimum absolute atomic E-state index is 0.122. The van der Waals surface area contributed by atoms with Gasteiger partial charge in [-0.1, -0.05) is 18.2 Å². The number of carbonyl (C=O) groups excluding carboxylic acids is 1. The van der Waals surface area contributed by atoms with Crippen molar-refractivity contribution < 1.29 is 19.5 Å². The molecule has 0 radical (unpaired) electrons. The maximum absolute atomic E-state index is 12.8. The number of hydrogen-bond acceptors (Lipinski definition) is 4. The lowest BCUT2D eigenvalue weighted by Gasteiger charge is -2.45. The number of phenols is 1. The molecule has 25 heavy (non-hydrogen) atoms. The van der Waals surface area contributed by atoms with Gasteiger partial charge in [0.2, 0.25) is 0 Å². The van der Waals surface area contributed by atoms with Crippen LogP contribution in [0.1, 0.15) is 25.3 Å². The van der Waals surface area contributed by atoms with Crippen molar-refractivity contribution >= 4 is 11.7 Å². The molecule has 3 aliphatic heterocycles. The van der Waals surface area contributed by atoms with Gasteiger partial charge in [0.25, 0.3) is 0 Å². The summed E-state index contributed by atoms with van der Waals surface area (Å²) in [4.78, 5) is 14.4. The molecule has 2 bridgehead atoms. The number of aromatic hydroxyl groups is 1. The molecule has 4 unspecified atom stereocenters. The van der Waals surface area contributed by atoms with Crippen LogP contribution in [0, 0.1) is 5.92 Å². The maximum Gasteiger partial charge on any atom is 0.336 e. The molecular formula is C20H23N2O3+. The second-order valence-corrected chi connectivity index (χ2v) is 7.62. The van der Waals surface area contributed by atoms with Gasteiger partial charge in [-0.25, -0.2) is 4.79 Å². The SMILES string of the molecule is CC=C1C[NH+]2CCC34C(=C(C(=O)OC)C1CC23)Nc1c(O)cccc14. The number of quaternary nitrogens is 1. The van der Waals surface area contributed by atoms with Crippen molar-refractivity contribution in [1.82, 2.24) is 0 Å². The highest BCUT2D eigenvalue weighted by Gasteiger charge is 2.65. The molecule has 1 aliphatic carbocycles. The first-order valence-corrected chi connectivity index (χ1v) is 9.04. The topological polar surface area (TPSA) is 63.0 Å². The average molecular weight is 339 g/mol. The predicted molar refractivity (Wildman–Crippen MR) is 93.4 cm³/mol. The zero-order valence-corrected chi connectivity index (χ0v) is 14.6. The van der Waals surface area contributed by atoms with E-state index in [1.165, 1.54) is 12.7 Å². The standard InChI is InChI=1S/C20H22N2O3/c1-3-11-10-22-8-7-20-13-5-4-6-14(23)17(13)21-18(20)16(19(24)25-2)12(11)9-15(20)22/h3-6,12,15,21,23H,7-10H2,1-2H3/p+1. The Bertz CT molecular complexity index is 856. The molecule has 0 amide bonds. The smallest absolute Gasteiger partial charge is 0.336 e. The summed E-state index contributed by atoms with van der Waals surface area (Å²) in [6.45, 7) is 4.15. The zero-order valence-electron chi connectivity index (χ0n) is 14.6. The van der Waals surface area contributed by atoms with Gasteiger partial charge in [-0.05, 0) is 24.1 Å². The molecular weight excluding hydrogens is 316 g/mol. The second-order valence-electron chi connectivity index (χ2n) is 7.62. The number of anilines is 1. The fraction of sp³-hybridized carbons (Fsp3) is 0.450. The van der Waals surface area contributed by atoms with Gasteiger partial charge in [-0.2, -0.15) is 0 Å². The van der Waals surface area contributed by atoms with E-state index in [0.717, 1.165) is 48.5 Å². The van der Waals surface area contributed by atoms with E-state index in [9.17, 15) is 9.90 Å². The highest BCUT2D eigenvalue weighted by molar-refractivity contribution is 5.94. The van der Waals surface area contributed by atoms with E-state index >= 15 is 0 Å². The van der Waals surface area contributed by atoms with Crippen molar-refractivity contribution in [3.05, 3.63) is 46.7 Å². The lowest BCUT2D eigenvalue weighted by atomic mass is 9.62. The van der Waals surface area contributed by atoms with E-state index < -0.39 is 0 Å². The van der Waals surface area contributed by atoms with Crippen LogP contribution in [0.5, 0.6) is 5.75 Å². The van der Waals surface area contributed by atoms with Gasteiger partial charge in [-0.15, -0.1) is 0 Å². The lowest BCUT2D eigenvalue weighted by molar-refractivity contribution is -0.914. The molecule has 3 N–H and O–H groups in total. The first-order valence-electron chi connectivity index (χ1n) is 9.04. The molecule has 4 atom stereocenters. The molecule has 5 rings (SSSR count). The number of benzene rings is 1.